The van der Waals surface area contributed by atoms with Crippen molar-refractivity contribution in [3.05, 3.63) is 66.1 Å². The van der Waals surface area contributed by atoms with Crippen LogP contribution in [0.1, 0.15) is 18.3 Å². The Labute approximate surface area is 193 Å². The van der Waals surface area contributed by atoms with E-state index in [0.29, 0.717) is 13.3 Å². The molecule has 2 heterocycles. The molecule has 1 aromatic heterocycles. The number of aliphatic imine (C=N–C) groups is 1. The van der Waals surface area contributed by atoms with Gasteiger partial charge in [-0.05, 0) is 36.6 Å². The second kappa shape index (κ2) is 10.9. The van der Waals surface area contributed by atoms with Gasteiger partial charge >= 0.3 is 0 Å². The SMILES string of the molecule is CCNC(=NCc1ncc(-c2ccccc2)[nH]1)NCCc1ccc2c(c1)OCO2.I. The van der Waals surface area contributed by atoms with Crippen molar-refractivity contribution in [3.63, 3.8) is 0 Å². The summed E-state index contributed by atoms with van der Waals surface area (Å²) in [5.74, 6) is 3.22. The molecule has 4 rings (SSSR count). The van der Waals surface area contributed by atoms with Crippen molar-refractivity contribution in [2.75, 3.05) is 19.9 Å². The van der Waals surface area contributed by atoms with Crippen molar-refractivity contribution in [3.8, 4) is 22.8 Å². The Morgan fingerprint density at radius 3 is 2.77 bits per heavy atom. The zero-order chi connectivity index (χ0) is 19.9. The first-order valence-electron chi connectivity index (χ1n) is 9.82. The van der Waals surface area contributed by atoms with Crippen LogP contribution in [-0.2, 0) is 13.0 Å². The predicted octanol–water partition coefficient (Wildman–Crippen LogP) is 3.72. The molecule has 0 atom stereocenters. The first-order valence-corrected chi connectivity index (χ1v) is 9.82. The van der Waals surface area contributed by atoms with Gasteiger partial charge in [-0.25, -0.2) is 9.98 Å². The number of nitrogens with one attached hydrogen (secondary N) is 3. The van der Waals surface area contributed by atoms with Crippen LogP contribution in [0.15, 0.2) is 59.7 Å². The van der Waals surface area contributed by atoms with E-state index in [1.165, 1.54) is 5.56 Å². The molecule has 1 aliphatic heterocycles. The van der Waals surface area contributed by atoms with E-state index in [1.807, 2.05) is 36.5 Å². The largest absolute Gasteiger partial charge is 0.454 e. The highest BCUT2D eigenvalue weighted by molar-refractivity contribution is 14.0. The van der Waals surface area contributed by atoms with E-state index in [9.17, 15) is 0 Å². The molecule has 0 radical (unpaired) electrons. The number of hydrogen-bond acceptors (Lipinski definition) is 4. The van der Waals surface area contributed by atoms with Crippen LogP contribution in [0.3, 0.4) is 0 Å². The number of nitrogens with zero attached hydrogens (tertiary/aromatic N) is 2. The van der Waals surface area contributed by atoms with Crippen LogP contribution in [0.25, 0.3) is 11.3 Å². The first kappa shape index (κ1) is 21.9. The van der Waals surface area contributed by atoms with Crippen LogP contribution in [0.4, 0.5) is 0 Å². The fraction of sp³-hybridized carbons (Fsp3) is 0.273. The normalized spacial score (nSPS) is 12.4. The summed E-state index contributed by atoms with van der Waals surface area (Å²) in [5, 5.41) is 6.64. The number of H-pyrrole nitrogens is 1. The lowest BCUT2D eigenvalue weighted by Gasteiger charge is -2.11. The topological polar surface area (TPSA) is 83.6 Å². The minimum Gasteiger partial charge on any atom is -0.454 e. The van der Waals surface area contributed by atoms with Crippen LogP contribution in [0.2, 0.25) is 0 Å². The Hall–Kier alpha value is -2.75. The Morgan fingerprint density at radius 2 is 1.93 bits per heavy atom. The van der Waals surface area contributed by atoms with E-state index in [4.69, 9.17) is 9.47 Å². The predicted molar refractivity (Wildman–Crippen MR) is 129 cm³/mol. The Bertz CT molecular complexity index is 975. The third-order valence-electron chi connectivity index (χ3n) is 4.59. The maximum absolute atomic E-state index is 5.44. The molecule has 0 aliphatic carbocycles. The molecular weight excluding hydrogens is 493 g/mol. The molecule has 0 saturated carbocycles. The van der Waals surface area contributed by atoms with Gasteiger partial charge in [-0.15, -0.1) is 24.0 Å². The summed E-state index contributed by atoms with van der Waals surface area (Å²) in [4.78, 5) is 12.4. The van der Waals surface area contributed by atoms with Gasteiger partial charge in [0, 0.05) is 13.1 Å². The molecule has 30 heavy (non-hydrogen) atoms. The molecule has 3 aromatic rings. The summed E-state index contributed by atoms with van der Waals surface area (Å²) in [5.41, 5.74) is 3.30. The van der Waals surface area contributed by atoms with Gasteiger partial charge in [-0.1, -0.05) is 36.4 Å². The van der Waals surface area contributed by atoms with Gasteiger partial charge in [-0.3, -0.25) is 0 Å². The van der Waals surface area contributed by atoms with Gasteiger partial charge in [0.05, 0.1) is 11.9 Å². The summed E-state index contributed by atoms with van der Waals surface area (Å²) in [6.45, 7) is 4.39. The third kappa shape index (κ3) is 5.65. The molecule has 0 unspecified atom stereocenters. The zero-order valence-corrected chi connectivity index (χ0v) is 19.2. The molecule has 0 amide bonds. The van der Waals surface area contributed by atoms with Gasteiger partial charge in [-0.2, -0.15) is 0 Å². The lowest BCUT2D eigenvalue weighted by Crippen LogP contribution is -2.38. The molecule has 0 bridgehead atoms. The highest BCUT2D eigenvalue weighted by atomic mass is 127. The summed E-state index contributed by atoms with van der Waals surface area (Å²) < 4.78 is 10.8. The monoisotopic (exact) mass is 519 g/mol. The smallest absolute Gasteiger partial charge is 0.231 e. The van der Waals surface area contributed by atoms with Crippen LogP contribution in [0, 0.1) is 0 Å². The highest BCUT2D eigenvalue weighted by Gasteiger charge is 2.13. The molecule has 0 spiro atoms. The number of aromatic amines is 1. The number of ether oxygens (including phenoxy) is 2. The average molecular weight is 519 g/mol. The van der Waals surface area contributed by atoms with Crippen LogP contribution in [-0.4, -0.2) is 35.8 Å². The summed E-state index contributed by atoms with van der Waals surface area (Å²) >= 11 is 0. The van der Waals surface area contributed by atoms with E-state index >= 15 is 0 Å². The number of guanidine groups is 1. The van der Waals surface area contributed by atoms with Crippen molar-refractivity contribution < 1.29 is 9.47 Å². The fourth-order valence-corrected chi connectivity index (χ4v) is 3.12. The highest BCUT2D eigenvalue weighted by Crippen LogP contribution is 2.32. The molecule has 158 valence electrons. The van der Waals surface area contributed by atoms with Crippen LogP contribution >= 0.6 is 24.0 Å². The molecule has 1 aliphatic rings. The Balaban J connectivity index is 0.00000256. The number of halogens is 1. The molecule has 8 heteroatoms. The van der Waals surface area contributed by atoms with E-state index in [2.05, 4.69) is 50.7 Å². The van der Waals surface area contributed by atoms with Gasteiger partial charge in [0.25, 0.3) is 0 Å². The van der Waals surface area contributed by atoms with Crippen LogP contribution < -0.4 is 20.1 Å². The van der Waals surface area contributed by atoms with E-state index in [0.717, 1.165) is 54.1 Å². The van der Waals surface area contributed by atoms with Gasteiger partial charge in [0.1, 0.15) is 12.4 Å². The molecular formula is C22H26IN5O2. The Morgan fingerprint density at radius 1 is 1.10 bits per heavy atom. The number of fused-ring (bicyclic) bond motifs is 1. The maximum Gasteiger partial charge on any atom is 0.231 e. The lowest BCUT2D eigenvalue weighted by atomic mass is 10.1. The van der Waals surface area contributed by atoms with Crippen molar-refractivity contribution in [2.24, 2.45) is 4.99 Å². The number of rotatable bonds is 7. The quantitative estimate of drug-likeness (QED) is 0.252. The molecule has 7 nitrogen and oxygen atoms in total. The van der Waals surface area contributed by atoms with Crippen molar-refractivity contribution >= 4 is 29.9 Å². The second-order valence-corrected chi connectivity index (χ2v) is 6.67. The van der Waals surface area contributed by atoms with E-state index in [1.54, 1.807) is 0 Å². The van der Waals surface area contributed by atoms with Gasteiger partial charge in [0.2, 0.25) is 6.79 Å². The molecule has 0 fully saturated rings. The van der Waals surface area contributed by atoms with Gasteiger partial charge in [0.15, 0.2) is 17.5 Å². The second-order valence-electron chi connectivity index (χ2n) is 6.67. The minimum absolute atomic E-state index is 0. The van der Waals surface area contributed by atoms with Crippen LogP contribution in [0.5, 0.6) is 11.5 Å². The summed E-state index contributed by atoms with van der Waals surface area (Å²) in [6, 6.07) is 16.2. The number of imidazole rings is 1. The maximum atomic E-state index is 5.44. The molecule has 3 N–H and O–H groups in total. The van der Waals surface area contributed by atoms with Crippen molar-refractivity contribution in [1.82, 2.24) is 20.6 Å². The Kier molecular flexibility index (Phi) is 7.95. The third-order valence-corrected chi connectivity index (χ3v) is 4.59. The number of aromatic nitrogens is 2. The average Bonchev–Trinajstić information content (AvgIpc) is 3.42. The zero-order valence-electron chi connectivity index (χ0n) is 16.9. The first-order chi connectivity index (χ1) is 14.3. The standard InChI is InChI=1S/C22H25N5O2.HI/c1-2-23-22(24-11-10-16-8-9-19-20(12-16)29-15-28-19)26-14-21-25-13-18(27-21)17-6-4-3-5-7-17;/h3-9,12-13H,2,10-11,14-15H2,1H3,(H,25,27)(H2,23,24,26);1H. The van der Waals surface area contributed by atoms with Crippen molar-refractivity contribution in [1.29, 1.82) is 0 Å². The van der Waals surface area contributed by atoms with E-state index in [-0.39, 0.29) is 24.0 Å². The summed E-state index contributed by atoms with van der Waals surface area (Å²) in [7, 11) is 0. The van der Waals surface area contributed by atoms with Gasteiger partial charge < -0.3 is 25.1 Å². The molecule has 2 aromatic carbocycles. The number of hydrogen-bond donors (Lipinski definition) is 3. The minimum atomic E-state index is 0. The summed E-state index contributed by atoms with van der Waals surface area (Å²) in [6.07, 6.45) is 2.71. The van der Waals surface area contributed by atoms with E-state index < -0.39 is 0 Å². The lowest BCUT2D eigenvalue weighted by molar-refractivity contribution is 0.174. The number of benzene rings is 2. The van der Waals surface area contributed by atoms with Crippen molar-refractivity contribution in [2.45, 2.75) is 19.9 Å². The molecule has 0 saturated heterocycles. The fourth-order valence-electron chi connectivity index (χ4n) is 3.12.